The van der Waals surface area contributed by atoms with Gasteiger partial charge in [0, 0.05) is 23.5 Å². The maximum atomic E-state index is 12.6. The van der Waals surface area contributed by atoms with Crippen LogP contribution in [0.4, 0.5) is 5.69 Å². The van der Waals surface area contributed by atoms with Crippen LogP contribution in [0.2, 0.25) is 0 Å². The van der Waals surface area contributed by atoms with E-state index >= 15 is 0 Å². The molecular formula is C24H23N3O3S. The molecular weight excluding hydrogens is 410 g/mol. The van der Waals surface area contributed by atoms with E-state index in [0.29, 0.717) is 11.4 Å². The second-order valence-electron chi connectivity index (χ2n) is 6.88. The predicted octanol–water partition coefficient (Wildman–Crippen LogP) is 4.98. The van der Waals surface area contributed by atoms with Crippen molar-refractivity contribution in [2.45, 2.75) is 17.3 Å². The molecule has 0 atom stereocenters. The minimum Gasteiger partial charge on any atom is -0.497 e. The Bertz CT molecular complexity index is 1190. The van der Waals surface area contributed by atoms with Gasteiger partial charge in [0.05, 0.1) is 25.4 Å². The van der Waals surface area contributed by atoms with Crippen molar-refractivity contribution in [1.82, 2.24) is 9.55 Å². The zero-order valence-electron chi connectivity index (χ0n) is 17.4. The number of carbonyl (C=O) groups is 1. The first kappa shape index (κ1) is 20.8. The van der Waals surface area contributed by atoms with Crippen LogP contribution >= 0.6 is 11.8 Å². The average Bonchev–Trinajstić information content (AvgIpc) is 3.21. The number of nitrogens with zero attached hydrogens (tertiary/aromatic N) is 2. The number of fused-ring (bicyclic) bond motifs is 1. The van der Waals surface area contributed by atoms with Gasteiger partial charge < -0.3 is 19.4 Å². The number of hydrogen-bond acceptors (Lipinski definition) is 5. The lowest BCUT2D eigenvalue weighted by Gasteiger charge is -2.11. The SMILES string of the molecule is COc1ccc(CSc2nccc3c2ccn3CC(=O)Nc2ccccc2OC)cc1. The summed E-state index contributed by atoms with van der Waals surface area (Å²) < 4.78 is 12.4. The van der Waals surface area contributed by atoms with Crippen LogP contribution in [0.3, 0.4) is 0 Å². The van der Waals surface area contributed by atoms with Crippen LogP contribution in [0.1, 0.15) is 5.56 Å². The fourth-order valence-electron chi connectivity index (χ4n) is 3.32. The quantitative estimate of drug-likeness (QED) is 0.397. The van der Waals surface area contributed by atoms with Crippen molar-refractivity contribution < 1.29 is 14.3 Å². The molecule has 2 aromatic heterocycles. The third-order valence-corrected chi connectivity index (χ3v) is 5.97. The molecule has 0 saturated heterocycles. The van der Waals surface area contributed by atoms with Gasteiger partial charge >= 0.3 is 0 Å². The van der Waals surface area contributed by atoms with Crippen LogP contribution in [0.25, 0.3) is 10.9 Å². The summed E-state index contributed by atoms with van der Waals surface area (Å²) in [6.07, 6.45) is 3.71. The van der Waals surface area contributed by atoms with Gasteiger partial charge in [-0.25, -0.2) is 4.98 Å². The average molecular weight is 434 g/mol. The molecule has 4 rings (SSSR count). The summed E-state index contributed by atoms with van der Waals surface area (Å²) in [5, 5.41) is 4.89. The van der Waals surface area contributed by atoms with Crippen molar-refractivity contribution >= 4 is 34.3 Å². The number of anilines is 1. The van der Waals surface area contributed by atoms with E-state index in [4.69, 9.17) is 9.47 Å². The standard InChI is InChI=1S/C24H23N3O3S/c1-29-18-9-7-17(8-10-18)16-31-24-19-12-14-27(21(19)11-13-25-24)15-23(28)26-20-5-3-4-6-22(20)30-2/h3-14H,15-16H2,1-2H3,(H,26,28). The van der Waals surface area contributed by atoms with Crippen LogP contribution in [0.15, 0.2) is 78.1 Å². The first-order chi connectivity index (χ1) is 15.2. The third kappa shape index (κ3) is 4.83. The zero-order chi connectivity index (χ0) is 21.6. The molecule has 0 radical (unpaired) electrons. The maximum absolute atomic E-state index is 12.6. The van der Waals surface area contributed by atoms with Crippen LogP contribution < -0.4 is 14.8 Å². The van der Waals surface area contributed by atoms with Crippen LogP contribution in [0.5, 0.6) is 11.5 Å². The number of pyridine rings is 1. The third-order valence-electron chi connectivity index (χ3n) is 4.89. The highest BCUT2D eigenvalue weighted by Gasteiger charge is 2.12. The molecule has 4 aromatic rings. The molecule has 6 nitrogen and oxygen atoms in total. The predicted molar refractivity (Wildman–Crippen MR) is 124 cm³/mol. The van der Waals surface area contributed by atoms with Crippen LogP contribution in [-0.2, 0) is 17.1 Å². The lowest BCUT2D eigenvalue weighted by molar-refractivity contribution is -0.116. The Hall–Kier alpha value is -3.45. The first-order valence-electron chi connectivity index (χ1n) is 9.80. The molecule has 2 aromatic carbocycles. The van der Waals surface area contributed by atoms with Crippen molar-refractivity contribution in [3.05, 3.63) is 78.6 Å². The number of para-hydroxylation sites is 2. The number of rotatable bonds is 8. The molecule has 7 heteroatoms. The molecule has 0 spiro atoms. The van der Waals surface area contributed by atoms with Crippen molar-refractivity contribution in [2.75, 3.05) is 19.5 Å². The number of benzene rings is 2. The Labute approximate surface area is 185 Å². The minimum absolute atomic E-state index is 0.119. The second kappa shape index (κ2) is 9.57. The van der Waals surface area contributed by atoms with Gasteiger partial charge in [0.15, 0.2) is 0 Å². The fourth-order valence-corrected chi connectivity index (χ4v) is 4.27. The highest BCUT2D eigenvalue weighted by molar-refractivity contribution is 7.98. The maximum Gasteiger partial charge on any atom is 0.244 e. The molecule has 0 aliphatic carbocycles. The number of carbonyl (C=O) groups excluding carboxylic acids is 1. The summed E-state index contributed by atoms with van der Waals surface area (Å²) in [6, 6.07) is 19.3. The van der Waals surface area contributed by atoms with E-state index in [1.165, 1.54) is 5.56 Å². The molecule has 158 valence electrons. The van der Waals surface area contributed by atoms with Gasteiger partial charge in [-0.3, -0.25) is 4.79 Å². The summed E-state index contributed by atoms with van der Waals surface area (Å²) >= 11 is 1.67. The molecule has 0 bridgehead atoms. The first-order valence-corrected chi connectivity index (χ1v) is 10.8. The van der Waals surface area contributed by atoms with E-state index in [9.17, 15) is 4.79 Å². The van der Waals surface area contributed by atoms with Gasteiger partial charge in [-0.15, -0.1) is 11.8 Å². The highest BCUT2D eigenvalue weighted by Crippen LogP contribution is 2.30. The van der Waals surface area contributed by atoms with E-state index < -0.39 is 0 Å². The van der Waals surface area contributed by atoms with Gasteiger partial charge in [-0.2, -0.15) is 0 Å². The smallest absolute Gasteiger partial charge is 0.244 e. The number of aromatic nitrogens is 2. The largest absolute Gasteiger partial charge is 0.497 e. The number of nitrogens with one attached hydrogen (secondary N) is 1. The van der Waals surface area contributed by atoms with Gasteiger partial charge in [-0.1, -0.05) is 24.3 Å². The van der Waals surface area contributed by atoms with Gasteiger partial charge in [0.25, 0.3) is 0 Å². The molecule has 2 heterocycles. The van der Waals surface area contributed by atoms with Crippen LogP contribution in [0, 0.1) is 0 Å². The molecule has 0 saturated carbocycles. The Kier molecular flexibility index (Phi) is 6.43. The van der Waals surface area contributed by atoms with Gasteiger partial charge in [0.2, 0.25) is 5.91 Å². The summed E-state index contributed by atoms with van der Waals surface area (Å²) in [5.74, 6) is 2.16. The lowest BCUT2D eigenvalue weighted by atomic mass is 10.2. The summed E-state index contributed by atoms with van der Waals surface area (Å²) in [7, 11) is 3.25. The molecule has 0 unspecified atom stereocenters. The zero-order valence-corrected chi connectivity index (χ0v) is 18.2. The summed E-state index contributed by atoms with van der Waals surface area (Å²) in [6.45, 7) is 0.203. The van der Waals surface area contributed by atoms with E-state index in [0.717, 1.165) is 27.4 Å². The fraction of sp³-hybridized carbons (Fsp3) is 0.167. The lowest BCUT2D eigenvalue weighted by Crippen LogP contribution is -2.18. The molecule has 1 N–H and O–H groups in total. The van der Waals surface area contributed by atoms with Crippen LogP contribution in [-0.4, -0.2) is 29.7 Å². The van der Waals surface area contributed by atoms with Gasteiger partial charge in [0.1, 0.15) is 23.1 Å². The summed E-state index contributed by atoms with van der Waals surface area (Å²) in [4.78, 5) is 17.2. The van der Waals surface area contributed by atoms with E-state index in [1.54, 1.807) is 32.2 Å². The van der Waals surface area contributed by atoms with E-state index in [-0.39, 0.29) is 12.5 Å². The highest BCUT2D eigenvalue weighted by atomic mass is 32.2. The molecule has 31 heavy (non-hydrogen) atoms. The Balaban J connectivity index is 1.47. The number of amides is 1. The van der Waals surface area contributed by atoms with Crippen molar-refractivity contribution in [2.24, 2.45) is 0 Å². The number of ether oxygens (including phenoxy) is 2. The van der Waals surface area contributed by atoms with E-state index in [2.05, 4.69) is 22.4 Å². The Morgan fingerprint density at radius 2 is 1.84 bits per heavy atom. The summed E-state index contributed by atoms with van der Waals surface area (Å²) in [5.41, 5.74) is 2.83. The number of methoxy groups -OCH3 is 2. The Morgan fingerprint density at radius 1 is 1.03 bits per heavy atom. The van der Waals surface area contributed by atoms with Crippen molar-refractivity contribution in [3.63, 3.8) is 0 Å². The van der Waals surface area contributed by atoms with E-state index in [1.807, 2.05) is 59.3 Å². The minimum atomic E-state index is -0.119. The normalized spacial score (nSPS) is 10.8. The van der Waals surface area contributed by atoms with Crippen molar-refractivity contribution in [1.29, 1.82) is 0 Å². The molecule has 0 aliphatic heterocycles. The second-order valence-corrected chi connectivity index (χ2v) is 7.84. The topological polar surface area (TPSA) is 65.4 Å². The monoisotopic (exact) mass is 433 g/mol. The number of hydrogen-bond donors (Lipinski definition) is 1. The molecule has 0 fully saturated rings. The molecule has 1 amide bonds. The van der Waals surface area contributed by atoms with Crippen molar-refractivity contribution in [3.8, 4) is 11.5 Å². The number of thioether (sulfide) groups is 1. The Morgan fingerprint density at radius 3 is 2.61 bits per heavy atom. The van der Waals surface area contributed by atoms with Gasteiger partial charge in [-0.05, 0) is 42.0 Å². The molecule has 0 aliphatic rings.